The zero-order valence-corrected chi connectivity index (χ0v) is 18.9. The summed E-state index contributed by atoms with van der Waals surface area (Å²) >= 11 is 0. The number of rotatable bonds is 3. The van der Waals surface area contributed by atoms with Gasteiger partial charge in [-0.2, -0.15) is 0 Å². The minimum atomic E-state index is -0.311. The standard InChI is InChI=1S/C25H28N4O2/c1-15(2)28-20-10-8-7-9-19(20)23-21(28)14-22(29(23)25(31)27(5)6)24(30)26-18-12-11-16(3)17(4)13-18/h7-15H,1-6H3,(H,26,30). The molecule has 2 heterocycles. The molecule has 2 aromatic carbocycles. The molecular weight excluding hydrogens is 388 g/mol. The number of aryl methyl sites for hydroxylation is 2. The zero-order valence-electron chi connectivity index (χ0n) is 18.9. The molecule has 4 aromatic rings. The lowest BCUT2D eigenvalue weighted by Crippen LogP contribution is -2.30. The first-order valence-corrected chi connectivity index (χ1v) is 10.4. The highest BCUT2D eigenvalue weighted by atomic mass is 16.2. The number of carbonyl (C=O) groups is 2. The van der Waals surface area contributed by atoms with Gasteiger partial charge < -0.3 is 14.8 Å². The lowest BCUT2D eigenvalue weighted by Gasteiger charge is -2.15. The number of anilines is 1. The number of carbonyl (C=O) groups excluding carboxylic acids is 2. The van der Waals surface area contributed by atoms with Crippen LogP contribution in [-0.2, 0) is 0 Å². The number of nitrogens with zero attached hydrogens (tertiary/aromatic N) is 3. The molecule has 0 unspecified atom stereocenters. The van der Waals surface area contributed by atoms with Crippen LogP contribution in [0.4, 0.5) is 10.5 Å². The molecule has 0 fully saturated rings. The van der Waals surface area contributed by atoms with Crippen LogP contribution in [0.15, 0.2) is 48.5 Å². The molecule has 0 bridgehead atoms. The van der Waals surface area contributed by atoms with Gasteiger partial charge in [0.2, 0.25) is 0 Å². The first kappa shape index (κ1) is 20.7. The number of benzene rings is 2. The van der Waals surface area contributed by atoms with E-state index in [2.05, 4.69) is 29.8 Å². The highest BCUT2D eigenvalue weighted by Crippen LogP contribution is 2.34. The number of amides is 2. The van der Waals surface area contributed by atoms with Gasteiger partial charge in [-0.1, -0.05) is 24.3 Å². The van der Waals surface area contributed by atoms with E-state index >= 15 is 0 Å². The van der Waals surface area contributed by atoms with Crippen LogP contribution in [0.25, 0.3) is 21.9 Å². The molecule has 31 heavy (non-hydrogen) atoms. The molecule has 2 amide bonds. The van der Waals surface area contributed by atoms with Crippen LogP contribution < -0.4 is 5.32 Å². The predicted octanol–water partition coefficient (Wildman–Crippen LogP) is 5.58. The fraction of sp³-hybridized carbons (Fsp3) is 0.280. The van der Waals surface area contributed by atoms with Gasteiger partial charge in [-0.15, -0.1) is 0 Å². The number of hydrogen-bond acceptors (Lipinski definition) is 2. The number of nitrogens with one attached hydrogen (secondary N) is 1. The third-order valence-electron chi connectivity index (χ3n) is 5.75. The van der Waals surface area contributed by atoms with Gasteiger partial charge in [0.1, 0.15) is 5.69 Å². The van der Waals surface area contributed by atoms with Gasteiger partial charge in [0.05, 0.1) is 16.6 Å². The minimum absolute atomic E-state index is 0.170. The van der Waals surface area contributed by atoms with Crippen LogP contribution in [0.1, 0.15) is 41.5 Å². The maximum atomic E-state index is 13.3. The van der Waals surface area contributed by atoms with E-state index in [4.69, 9.17) is 0 Å². The maximum absolute atomic E-state index is 13.3. The van der Waals surface area contributed by atoms with E-state index in [1.54, 1.807) is 14.1 Å². The Morgan fingerprint density at radius 3 is 2.29 bits per heavy atom. The molecule has 160 valence electrons. The Morgan fingerprint density at radius 1 is 0.935 bits per heavy atom. The van der Waals surface area contributed by atoms with E-state index in [0.29, 0.717) is 11.4 Å². The fourth-order valence-electron chi connectivity index (χ4n) is 4.09. The predicted molar refractivity (Wildman–Crippen MR) is 126 cm³/mol. The van der Waals surface area contributed by atoms with E-state index in [9.17, 15) is 9.59 Å². The Bertz CT molecular complexity index is 1320. The summed E-state index contributed by atoms with van der Waals surface area (Å²) in [5.41, 5.74) is 5.96. The summed E-state index contributed by atoms with van der Waals surface area (Å²) in [5.74, 6) is -0.311. The Kier molecular flexibility index (Phi) is 5.09. The van der Waals surface area contributed by atoms with Gasteiger partial charge in [0, 0.05) is 31.2 Å². The quantitative estimate of drug-likeness (QED) is 0.474. The average molecular weight is 417 g/mol. The van der Waals surface area contributed by atoms with Crippen LogP contribution >= 0.6 is 0 Å². The van der Waals surface area contributed by atoms with Crippen molar-refractivity contribution in [3.8, 4) is 0 Å². The normalized spacial score (nSPS) is 11.5. The summed E-state index contributed by atoms with van der Waals surface area (Å²) in [5, 5.41) is 3.92. The Hall–Kier alpha value is -3.54. The number of para-hydroxylation sites is 1. The highest BCUT2D eigenvalue weighted by molar-refractivity contribution is 6.16. The molecule has 0 spiro atoms. The van der Waals surface area contributed by atoms with Crippen molar-refractivity contribution >= 4 is 39.6 Å². The van der Waals surface area contributed by atoms with Gasteiger partial charge in [-0.25, -0.2) is 4.79 Å². The second kappa shape index (κ2) is 7.61. The van der Waals surface area contributed by atoms with E-state index in [1.807, 2.05) is 56.3 Å². The molecule has 0 aliphatic rings. The molecule has 6 heteroatoms. The van der Waals surface area contributed by atoms with Gasteiger partial charge in [-0.3, -0.25) is 9.36 Å². The molecule has 0 radical (unpaired) electrons. The monoisotopic (exact) mass is 416 g/mol. The van der Waals surface area contributed by atoms with Crippen LogP contribution in [0.3, 0.4) is 0 Å². The smallest absolute Gasteiger partial charge is 0.328 e. The van der Waals surface area contributed by atoms with E-state index in [-0.39, 0.29) is 18.0 Å². The molecule has 0 aliphatic heterocycles. The third kappa shape index (κ3) is 3.38. The van der Waals surface area contributed by atoms with E-state index in [0.717, 1.165) is 33.1 Å². The fourth-order valence-corrected chi connectivity index (χ4v) is 4.09. The Labute approximate surface area is 182 Å². The number of hydrogen-bond donors (Lipinski definition) is 1. The van der Waals surface area contributed by atoms with Gasteiger partial charge in [0.25, 0.3) is 5.91 Å². The van der Waals surface area contributed by atoms with Crippen molar-refractivity contribution in [2.45, 2.75) is 33.7 Å². The van der Waals surface area contributed by atoms with Crippen molar-refractivity contribution in [3.63, 3.8) is 0 Å². The summed E-state index contributed by atoms with van der Waals surface area (Å²) in [4.78, 5) is 28.0. The molecule has 2 aromatic heterocycles. The second-order valence-electron chi connectivity index (χ2n) is 8.51. The van der Waals surface area contributed by atoms with Crippen molar-refractivity contribution < 1.29 is 9.59 Å². The lowest BCUT2D eigenvalue weighted by molar-refractivity contribution is 0.101. The minimum Gasteiger partial charge on any atom is -0.337 e. The number of fused-ring (bicyclic) bond motifs is 3. The van der Waals surface area contributed by atoms with E-state index < -0.39 is 0 Å². The van der Waals surface area contributed by atoms with Crippen LogP contribution in [0.5, 0.6) is 0 Å². The topological polar surface area (TPSA) is 59.3 Å². The third-order valence-corrected chi connectivity index (χ3v) is 5.75. The SMILES string of the molecule is Cc1ccc(NC(=O)c2cc3c(c4ccccc4n3C(C)C)n2C(=O)N(C)C)cc1C. The first-order valence-electron chi connectivity index (χ1n) is 10.4. The summed E-state index contributed by atoms with van der Waals surface area (Å²) in [7, 11) is 3.39. The molecular formula is C25H28N4O2. The average Bonchev–Trinajstić information content (AvgIpc) is 3.24. The molecule has 4 rings (SSSR count). The van der Waals surface area contributed by atoms with Crippen molar-refractivity contribution in [1.29, 1.82) is 0 Å². The molecule has 0 aliphatic carbocycles. The summed E-state index contributed by atoms with van der Waals surface area (Å²) in [6.45, 7) is 8.25. The largest absolute Gasteiger partial charge is 0.337 e. The number of aromatic nitrogens is 2. The summed E-state index contributed by atoms with van der Waals surface area (Å²) in [6, 6.07) is 15.5. The molecule has 0 saturated heterocycles. The second-order valence-corrected chi connectivity index (χ2v) is 8.51. The summed E-state index contributed by atoms with van der Waals surface area (Å²) < 4.78 is 3.71. The Balaban J connectivity index is 1.95. The van der Waals surface area contributed by atoms with Gasteiger partial charge in [0.15, 0.2) is 0 Å². The van der Waals surface area contributed by atoms with Crippen LogP contribution in [0.2, 0.25) is 0 Å². The van der Waals surface area contributed by atoms with Crippen molar-refractivity contribution in [2.24, 2.45) is 0 Å². The van der Waals surface area contributed by atoms with Crippen molar-refractivity contribution in [1.82, 2.24) is 14.0 Å². The molecule has 0 atom stereocenters. The first-order chi connectivity index (χ1) is 14.7. The maximum Gasteiger partial charge on any atom is 0.328 e. The lowest BCUT2D eigenvalue weighted by atomic mass is 10.1. The van der Waals surface area contributed by atoms with Crippen LogP contribution in [-0.4, -0.2) is 40.1 Å². The molecule has 1 N–H and O–H groups in total. The van der Waals surface area contributed by atoms with E-state index in [1.165, 1.54) is 9.47 Å². The molecule has 0 saturated carbocycles. The van der Waals surface area contributed by atoms with Crippen molar-refractivity contribution in [3.05, 3.63) is 65.4 Å². The summed E-state index contributed by atoms with van der Waals surface area (Å²) in [6.07, 6.45) is 0. The van der Waals surface area contributed by atoms with Crippen LogP contribution in [0, 0.1) is 13.8 Å². The van der Waals surface area contributed by atoms with Gasteiger partial charge >= 0.3 is 6.03 Å². The van der Waals surface area contributed by atoms with Gasteiger partial charge in [-0.05, 0) is 63.1 Å². The molecule has 6 nitrogen and oxygen atoms in total. The highest BCUT2D eigenvalue weighted by Gasteiger charge is 2.27. The Morgan fingerprint density at radius 2 is 1.65 bits per heavy atom. The van der Waals surface area contributed by atoms with Crippen molar-refractivity contribution in [2.75, 3.05) is 19.4 Å². The zero-order chi connectivity index (χ0) is 22.4.